The Kier molecular flexibility index (Phi) is 4.76. The summed E-state index contributed by atoms with van der Waals surface area (Å²) in [5.74, 6) is 0.439. The summed E-state index contributed by atoms with van der Waals surface area (Å²) in [7, 11) is 0. The summed E-state index contributed by atoms with van der Waals surface area (Å²) >= 11 is 5.46. The van der Waals surface area contributed by atoms with E-state index in [2.05, 4.69) is 18.8 Å². The highest BCUT2D eigenvalue weighted by Crippen LogP contribution is 2.24. The summed E-state index contributed by atoms with van der Waals surface area (Å²) in [6.45, 7) is 3.37. The third-order valence-electron chi connectivity index (χ3n) is 0.707. The van der Waals surface area contributed by atoms with E-state index in [4.69, 9.17) is 0 Å². The molecule has 64 valence electrons. The predicted octanol–water partition coefficient (Wildman–Crippen LogP) is 3.19. The first-order valence-electron chi connectivity index (χ1n) is 2.79. The van der Waals surface area contributed by atoms with Gasteiger partial charge in [0.25, 0.3) is 0 Å². The lowest BCUT2D eigenvalue weighted by molar-refractivity contribution is -0.120. The van der Waals surface area contributed by atoms with Gasteiger partial charge >= 0.3 is 6.18 Å². The van der Waals surface area contributed by atoms with Gasteiger partial charge in [-0.25, -0.2) is 0 Å². The molecule has 0 aliphatic carbocycles. The van der Waals surface area contributed by atoms with Crippen molar-refractivity contribution in [3.63, 3.8) is 0 Å². The van der Waals surface area contributed by atoms with Crippen LogP contribution in [-0.2, 0) is 0 Å². The smallest absolute Gasteiger partial charge is 0.171 e. The average molecular weight is 200 g/mol. The quantitative estimate of drug-likeness (QED) is 0.507. The maximum atomic E-state index is 11.6. The van der Waals surface area contributed by atoms with Crippen LogP contribution >= 0.6 is 24.0 Å². The summed E-state index contributed by atoms with van der Waals surface area (Å²) < 4.78 is 34.8. The molecule has 0 aromatic carbocycles. The molecular weight excluding hydrogens is 193 g/mol. The van der Waals surface area contributed by atoms with Crippen LogP contribution in [0, 0.1) is 0 Å². The Morgan fingerprint density at radius 3 is 2.45 bits per heavy atom. The van der Waals surface area contributed by atoms with Crippen molar-refractivity contribution in [1.82, 2.24) is 0 Å². The average Bonchev–Trinajstić information content (AvgIpc) is 1.79. The van der Waals surface area contributed by atoms with Crippen LogP contribution in [0.1, 0.15) is 6.42 Å². The van der Waals surface area contributed by atoms with E-state index in [1.807, 2.05) is 0 Å². The summed E-state index contributed by atoms with van der Waals surface area (Å²) in [5.41, 5.74) is 0. The third kappa shape index (κ3) is 7.87. The van der Waals surface area contributed by atoms with Crippen LogP contribution < -0.4 is 0 Å². The van der Waals surface area contributed by atoms with Gasteiger partial charge in [-0.3, -0.25) is 0 Å². The molecule has 0 saturated carbocycles. The Balaban J connectivity index is 3.61. The second-order valence-electron chi connectivity index (χ2n) is 1.76. The fourth-order valence-electron chi connectivity index (χ4n) is 0.367. The number of hydrogen-bond donors (Lipinski definition) is 0. The zero-order valence-corrected chi connectivity index (χ0v) is 7.28. The van der Waals surface area contributed by atoms with Gasteiger partial charge in [0.2, 0.25) is 0 Å². The number of thioether (sulfide) groups is 1. The largest absolute Gasteiger partial charge is 0.394 e. The second-order valence-corrected chi connectivity index (χ2v) is 3.63. The molecular formula is C6H7F3S2. The number of thiocarbonyl (C=S) groups is 1. The minimum absolute atomic E-state index is 0.0302. The predicted molar refractivity (Wildman–Crippen MR) is 45.9 cm³/mol. The molecule has 0 N–H and O–H groups in total. The van der Waals surface area contributed by atoms with E-state index in [0.29, 0.717) is 5.75 Å². The molecule has 0 bridgehead atoms. The van der Waals surface area contributed by atoms with Crippen LogP contribution in [0.25, 0.3) is 0 Å². The molecule has 0 radical (unpaired) electrons. The van der Waals surface area contributed by atoms with Crippen molar-refractivity contribution in [3.8, 4) is 0 Å². The van der Waals surface area contributed by atoms with Crippen molar-refractivity contribution >= 4 is 28.2 Å². The summed E-state index contributed by atoms with van der Waals surface area (Å²) in [4.78, 5) is 0. The van der Waals surface area contributed by atoms with Gasteiger partial charge < -0.3 is 0 Å². The van der Waals surface area contributed by atoms with Crippen LogP contribution in [0.3, 0.4) is 0 Å². The van der Waals surface area contributed by atoms with Crippen LogP contribution in [0.5, 0.6) is 0 Å². The Labute approximate surface area is 72.9 Å². The van der Waals surface area contributed by atoms with E-state index in [1.165, 1.54) is 6.08 Å². The van der Waals surface area contributed by atoms with E-state index < -0.39 is 12.6 Å². The third-order valence-corrected chi connectivity index (χ3v) is 2.07. The van der Waals surface area contributed by atoms with Crippen molar-refractivity contribution in [2.24, 2.45) is 0 Å². The van der Waals surface area contributed by atoms with Gasteiger partial charge in [-0.1, -0.05) is 18.3 Å². The molecule has 0 saturated heterocycles. The summed E-state index contributed by atoms with van der Waals surface area (Å²) in [6, 6.07) is 0. The zero-order valence-electron chi connectivity index (χ0n) is 5.65. The van der Waals surface area contributed by atoms with E-state index in [0.717, 1.165) is 11.8 Å². The van der Waals surface area contributed by atoms with Crippen LogP contribution in [-0.4, -0.2) is 16.1 Å². The topological polar surface area (TPSA) is 0 Å². The standard InChI is InChI=1S/C6H7F3S2/c1-2-3-11-5(10)4-6(7,8)9/h2H,1,3-4H2. The molecule has 0 spiro atoms. The van der Waals surface area contributed by atoms with Crippen molar-refractivity contribution in [3.05, 3.63) is 12.7 Å². The van der Waals surface area contributed by atoms with Gasteiger partial charge in [-0.2, -0.15) is 13.2 Å². The van der Waals surface area contributed by atoms with Gasteiger partial charge in [0, 0.05) is 5.75 Å². The molecule has 0 amide bonds. The van der Waals surface area contributed by atoms with Gasteiger partial charge in [-0.05, 0) is 0 Å². The minimum Gasteiger partial charge on any atom is -0.171 e. The SMILES string of the molecule is C=CCSC(=S)CC(F)(F)F. The maximum absolute atomic E-state index is 11.6. The van der Waals surface area contributed by atoms with Gasteiger partial charge in [0.15, 0.2) is 0 Å². The molecule has 0 aliphatic rings. The summed E-state index contributed by atoms with van der Waals surface area (Å²) in [5, 5.41) is 0. The molecule has 0 unspecified atom stereocenters. The number of alkyl halides is 3. The van der Waals surface area contributed by atoms with Crippen LogP contribution in [0.15, 0.2) is 12.7 Å². The highest BCUT2D eigenvalue weighted by Gasteiger charge is 2.28. The Hall–Kier alpha value is -0.0300. The Bertz CT molecular complexity index is 150. The fourth-order valence-corrected chi connectivity index (χ4v) is 1.30. The lowest BCUT2D eigenvalue weighted by Crippen LogP contribution is -2.11. The van der Waals surface area contributed by atoms with E-state index in [1.54, 1.807) is 0 Å². The maximum Gasteiger partial charge on any atom is 0.394 e. The van der Waals surface area contributed by atoms with Crippen molar-refractivity contribution in [1.29, 1.82) is 0 Å². The fraction of sp³-hybridized carbons (Fsp3) is 0.500. The first-order chi connectivity index (χ1) is 4.95. The van der Waals surface area contributed by atoms with Crippen molar-refractivity contribution in [2.75, 3.05) is 5.75 Å². The molecule has 0 aromatic heterocycles. The lowest BCUT2D eigenvalue weighted by atomic mass is 10.5. The highest BCUT2D eigenvalue weighted by molar-refractivity contribution is 8.23. The molecule has 11 heavy (non-hydrogen) atoms. The number of hydrogen-bond acceptors (Lipinski definition) is 2. The molecule has 0 rings (SSSR count). The molecule has 5 heteroatoms. The molecule has 0 fully saturated rings. The first-order valence-corrected chi connectivity index (χ1v) is 4.18. The number of halogens is 3. The minimum atomic E-state index is -4.18. The van der Waals surface area contributed by atoms with Gasteiger partial charge in [0.05, 0.1) is 10.6 Å². The molecule has 0 aromatic rings. The van der Waals surface area contributed by atoms with Gasteiger partial charge in [0.1, 0.15) is 0 Å². The molecule has 0 atom stereocenters. The van der Waals surface area contributed by atoms with Crippen LogP contribution in [0.2, 0.25) is 0 Å². The Morgan fingerprint density at radius 2 is 2.09 bits per heavy atom. The lowest BCUT2D eigenvalue weighted by Gasteiger charge is -2.05. The van der Waals surface area contributed by atoms with Crippen LogP contribution in [0.4, 0.5) is 13.2 Å². The molecule has 0 aliphatic heterocycles. The van der Waals surface area contributed by atoms with Gasteiger partial charge in [-0.15, -0.1) is 18.3 Å². The zero-order chi connectivity index (χ0) is 8.91. The summed E-state index contributed by atoms with van der Waals surface area (Å²) in [6.07, 6.45) is -3.64. The van der Waals surface area contributed by atoms with E-state index in [-0.39, 0.29) is 4.20 Å². The number of rotatable bonds is 3. The van der Waals surface area contributed by atoms with Crippen molar-refractivity contribution in [2.45, 2.75) is 12.6 Å². The van der Waals surface area contributed by atoms with E-state index in [9.17, 15) is 13.2 Å². The first kappa shape index (κ1) is 11.0. The highest BCUT2D eigenvalue weighted by atomic mass is 32.2. The normalized spacial score (nSPS) is 11.2. The monoisotopic (exact) mass is 200 g/mol. The van der Waals surface area contributed by atoms with Crippen molar-refractivity contribution < 1.29 is 13.2 Å². The Morgan fingerprint density at radius 1 is 1.55 bits per heavy atom. The molecule has 0 nitrogen and oxygen atoms in total. The van der Waals surface area contributed by atoms with E-state index >= 15 is 0 Å². The molecule has 0 heterocycles. The second kappa shape index (κ2) is 4.77.